The minimum Gasteiger partial charge on any atom is -0.479 e. The number of halogens is 1. The summed E-state index contributed by atoms with van der Waals surface area (Å²) in [5.41, 5.74) is 7.46. The molecule has 2 rings (SSSR count). The lowest BCUT2D eigenvalue weighted by Crippen LogP contribution is -2.24. The molecule has 2 N–H and O–H groups in total. The fourth-order valence-electron chi connectivity index (χ4n) is 2.02. The number of nitrogen functional groups attached to an aromatic ring is 1. The van der Waals surface area contributed by atoms with Gasteiger partial charge in [-0.1, -0.05) is 0 Å². The van der Waals surface area contributed by atoms with E-state index in [1.54, 1.807) is 31.3 Å². The van der Waals surface area contributed by atoms with Crippen LogP contribution in [-0.4, -0.2) is 31.2 Å². The molecule has 1 heterocycles. The summed E-state index contributed by atoms with van der Waals surface area (Å²) in [7, 11) is 3.20. The summed E-state index contributed by atoms with van der Waals surface area (Å²) >= 11 is 3.34. The monoisotopic (exact) mass is 379 g/mol. The van der Waals surface area contributed by atoms with Gasteiger partial charge in [-0.15, -0.1) is 0 Å². The predicted molar refractivity (Wildman–Crippen MR) is 93.0 cm³/mol. The summed E-state index contributed by atoms with van der Waals surface area (Å²) in [6.07, 6.45) is 1.03. The van der Waals surface area contributed by atoms with Crippen LogP contribution in [0.15, 0.2) is 41.0 Å². The number of carbonyl (C=O) groups is 1. The third kappa shape index (κ3) is 4.13. The Morgan fingerprint density at radius 2 is 2.00 bits per heavy atom. The van der Waals surface area contributed by atoms with Crippen LogP contribution in [0.4, 0.5) is 17.2 Å². The standard InChI is InChI=1S/C16H18BrN3O3/c1-10(16(21)22-3)23-13-6-4-12(5-7-13)20(2)15-14(18)8-11(17)9-19-15/h4-10H,18H2,1-3H3. The molecule has 2 aromatic rings. The Kier molecular flexibility index (Phi) is 5.44. The van der Waals surface area contributed by atoms with Crippen LogP contribution >= 0.6 is 15.9 Å². The third-order valence-corrected chi connectivity index (χ3v) is 3.68. The molecular weight excluding hydrogens is 362 g/mol. The highest BCUT2D eigenvalue weighted by atomic mass is 79.9. The van der Waals surface area contributed by atoms with Gasteiger partial charge in [0, 0.05) is 23.4 Å². The molecule has 122 valence electrons. The van der Waals surface area contributed by atoms with E-state index in [9.17, 15) is 4.79 Å². The fraction of sp³-hybridized carbons (Fsp3) is 0.250. The molecule has 0 radical (unpaired) electrons. The van der Waals surface area contributed by atoms with Crippen LogP contribution < -0.4 is 15.4 Å². The molecule has 0 aliphatic heterocycles. The van der Waals surface area contributed by atoms with E-state index in [1.165, 1.54) is 7.11 Å². The van der Waals surface area contributed by atoms with Crippen molar-refractivity contribution in [1.82, 2.24) is 4.98 Å². The summed E-state index contributed by atoms with van der Waals surface area (Å²) < 4.78 is 11.0. The van der Waals surface area contributed by atoms with Crippen molar-refractivity contribution in [1.29, 1.82) is 0 Å². The van der Waals surface area contributed by atoms with Gasteiger partial charge >= 0.3 is 5.97 Å². The first-order valence-electron chi connectivity index (χ1n) is 6.91. The van der Waals surface area contributed by atoms with Gasteiger partial charge < -0.3 is 20.1 Å². The first-order valence-corrected chi connectivity index (χ1v) is 7.71. The van der Waals surface area contributed by atoms with Gasteiger partial charge in [-0.2, -0.15) is 0 Å². The van der Waals surface area contributed by atoms with Gasteiger partial charge in [0.05, 0.1) is 12.8 Å². The number of hydrogen-bond acceptors (Lipinski definition) is 6. The number of rotatable bonds is 5. The summed E-state index contributed by atoms with van der Waals surface area (Å²) in [4.78, 5) is 17.6. The Bertz CT molecular complexity index is 691. The second-order valence-corrected chi connectivity index (χ2v) is 5.82. The predicted octanol–water partition coefficient (Wildman–Crippen LogP) is 3.13. The summed E-state index contributed by atoms with van der Waals surface area (Å²) in [5.74, 6) is 0.819. The van der Waals surface area contributed by atoms with Gasteiger partial charge in [0.1, 0.15) is 5.75 Å². The molecule has 1 atom stereocenters. The van der Waals surface area contributed by atoms with E-state index in [1.807, 2.05) is 24.1 Å². The Morgan fingerprint density at radius 1 is 1.35 bits per heavy atom. The van der Waals surface area contributed by atoms with Crippen molar-refractivity contribution in [3.63, 3.8) is 0 Å². The molecule has 0 spiro atoms. The number of ether oxygens (including phenoxy) is 2. The molecule has 1 aromatic heterocycles. The SMILES string of the molecule is COC(=O)C(C)Oc1ccc(N(C)c2ncc(Br)cc2N)cc1. The van der Waals surface area contributed by atoms with Crippen molar-refractivity contribution < 1.29 is 14.3 Å². The van der Waals surface area contributed by atoms with Crippen LogP contribution in [0.5, 0.6) is 5.75 Å². The second kappa shape index (κ2) is 7.32. The number of anilines is 3. The number of aromatic nitrogens is 1. The maximum absolute atomic E-state index is 11.4. The molecule has 1 aromatic carbocycles. The largest absolute Gasteiger partial charge is 0.479 e. The van der Waals surface area contributed by atoms with E-state index in [2.05, 4.69) is 25.7 Å². The quantitative estimate of drug-likeness (QED) is 0.804. The highest BCUT2D eigenvalue weighted by Crippen LogP contribution is 2.29. The average Bonchev–Trinajstić information content (AvgIpc) is 2.54. The minimum absolute atomic E-state index is 0.418. The lowest BCUT2D eigenvalue weighted by molar-refractivity contribution is -0.147. The Labute approximate surface area is 143 Å². The summed E-state index contributed by atoms with van der Waals surface area (Å²) in [6.45, 7) is 1.64. The maximum Gasteiger partial charge on any atom is 0.346 e. The number of methoxy groups -OCH3 is 1. The van der Waals surface area contributed by atoms with Crippen LogP contribution in [0.1, 0.15) is 6.92 Å². The number of nitrogens with zero attached hydrogens (tertiary/aromatic N) is 2. The molecule has 0 bridgehead atoms. The van der Waals surface area contributed by atoms with Gasteiger partial charge in [0.2, 0.25) is 0 Å². The lowest BCUT2D eigenvalue weighted by Gasteiger charge is -2.20. The number of pyridine rings is 1. The van der Waals surface area contributed by atoms with Crippen molar-refractivity contribution in [3.05, 3.63) is 41.0 Å². The van der Waals surface area contributed by atoms with E-state index in [4.69, 9.17) is 10.5 Å². The number of carbonyl (C=O) groups excluding carboxylic acids is 1. The van der Waals surface area contributed by atoms with Gasteiger partial charge in [-0.3, -0.25) is 0 Å². The number of benzene rings is 1. The molecule has 1 unspecified atom stereocenters. The molecule has 7 heteroatoms. The molecule has 0 saturated carbocycles. The van der Waals surface area contributed by atoms with E-state index in [-0.39, 0.29) is 0 Å². The van der Waals surface area contributed by atoms with Crippen molar-refractivity contribution in [2.75, 3.05) is 24.8 Å². The zero-order valence-electron chi connectivity index (χ0n) is 13.1. The van der Waals surface area contributed by atoms with Crippen molar-refractivity contribution in [2.45, 2.75) is 13.0 Å². The first kappa shape index (κ1) is 17.1. The maximum atomic E-state index is 11.4. The molecular formula is C16H18BrN3O3. The van der Waals surface area contributed by atoms with Crippen LogP contribution in [0.3, 0.4) is 0 Å². The zero-order chi connectivity index (χ0) is 17.0. The van der Waals surface area contributed by atoms with Crippen molar-refractivity contribution in [2.24, 2.45) is 0 Å². The topological polar surface area (TPSA) is 77.7 Å². The minimum atomic E-state index is -0.660. The van der Waals surface area contributed by atoms with E-state index in [0.29, 0.717) is 17.3 Å². The van der Waals surface area contributed by atoms with Gasteiger partial charge in [0.15, 0.2) is 11.9 Å². The number of nitrogens with two attached hydrogens (primary N) is 1. The molecule has 6 nitrogen and oxygen atoms in total. The van der Waals surface area contributed by atoms with Crippen molar-refractivity contribution in [3.8, 4) is 5.75 Å². The lowest BCUT2D eigenvalue weighted by atomic mass is 10.2. The summed E-state index contributed by atoms with van der Waals surface area (Å²) in [6, 6.07) is 9.08. The Balaban J connectivity index is 2.14. The van der Waals surface area contributed by atoms with Gasteiger partial charge in [-0.25, -0.2) is 9.78 Å². The highest BCUT2D eigenvalue weighted by molar-refractivity contribution is 9.10. The van der Waals surface area contributed by atoms with Crippen LogP contribution in [0.25, 0.3) is 0 Å². The van der Waals surface area contributed by atoms with Crippen LogP contribution in [0.2, 0.25) is 0 Å². The molecule has 23 heavy (non-hydrogen) atoms. The smallest absolute Gasteiger partial charge is 0.346 e. The Morgan fingerprint density at radius 3 is 2.57 bits per heavy atom. The normalized spacial score (nSPS) is 11.7. The molecule has 0 aliphatic rings. The summed E-state index contributed by atoms with van der Waals surface area (Å²) in [5, 5.41) is 0. The first-order chi connectivity index (χ1) is 10.9. The number of esters is 1. The Hall–Kier alpha value is -2.28. The van der Waals surface area contributed by atoms with E-state index in [0.717, 1.165) is 10.2 Å². The van der Waals surface area contributed by atoms with E-state index >= 15 is 0 Å². The highest BCUT2D eigenvalue weighted by Gasteiger charge is 2.15. The van der Waals surface area contributed by atoms with Crippen LogP contribution in [0, 0.1) is 0 Å². The molecule has 0 amide bonds. The van der Waals surface area contributed by atoms with Crippen molar-refractivity contribution >= 4 is 39.1 Å². The number of hydrogen-bond donors (Lipinski definition) is 1. The molecule has 0 fully saturated rings. The van der Waals surface area contributed by atoms with Gasteiger partial charge in [0.25, 0.3) is 0 Å². The van der Waals surface area contributed by atoms with E-state index < -0.39 is 12.1 Å². The zero-order valence-corrected chi connectivity index (χ0v) is 14.7. The van der Waals surface area contributed by atoms with Gasteiger partial charge in [-0.05, 0) is 53.2 Å². The second-order valence-electron chi connectivity index (χ2n) is 4.90. The molecule has 0 saturated heterocycles. The molecule has 0 aliphatic carbocycles. The fourth-order valence-corrected chi connectivity index (χ4v) is 2.37. The average molecular weight is 380 g/mol. The van der Waals surface area contributed by atoms with Crippen LogP contribution in [-0.2, 0) is 9.53 Å². The third-order valence-electron chi connectivity index (χ3n) is 3.25.